The van der Waals surface area contributed by atoms with Gasteiger partial charge in [0.2, 0.25) is 0 Å². The minimum absolute atomic E-state index is 0.0825. The van der Waals surface area contributed by atoms with Crippen LogP contribution in [-0.4, -0.2) is 40.5 Å². The van der Waals surface area contributed by atoms with E-state index in [9.17, 15) is 9.90 Å². The zero-order chi connectivity index (χ0) is 13.9. The van der Waals surface area contributed by atoms with Crippen molar-refractivity contribution in [1.82, 2.24) is 0 Å². The molecule has 1 saturated heterocycles. The first kappa shape index (κ1) is 14.2. The lowest BCUT2D eigenvalue weighted by Gasteiger charge is -2.33. The number of oxime groups is 1. The van der Waals surface area contributed by atoms with Gasteiger partial charge in [0, 0.05) is 12.2 Å². The van der Waals surface area contributed by atoms with E-state index >= 15 is 0 Å². The highest BCUT2D eigenvalue weighted by Gasteiger charge is 2.45. The summed E-state index contributed by atoms with van der Waals surface area (Å²) in [7, 11) is 0. The van der Waals surface area contributed by atoms with E-state index < -0.39 is 11.6 Å². The summed E-state index contributed by atoms with van der Waals surface area (Å²) in [6.45, 7) is 4.10. The Hall–Kier alpha value is -1.17. The molecular formula is C13H19NO4S. The smallest absolute Gasteiger partial charge is 0.344 e. The minimum Gasteiger partial charge on any atom is -0.511 e. The maximum Gasteiger partial charge on any atom is 0.344 e. The zero-order valence-corrected chi connectivity index (χ0v) is 12.1. The van der Waals surface area contributed by atoms with Gasteiger partial charge in [0.05, 0.1) is 5.71 Å². The van der Waals surface area contributed by atoms with Crippen molar-refractivity contribution in [3.63, 3.8) is 0 Å². The average Bonchev–Trinajstić information content (AvgIpc) is 2.80. The number of thioether (sulfide) groups is 1. The van der Waals surface area contributed by atoms with E-state index in [0.717, 1.165) is 17.9 Å². The van der Waals surface area contributed by atoms with E-state index in [1.54, 1.807) is 11.8 Å². The number of aliphatic hydroxyl groups is 1. The van der Waals surface area contributed by atoms with E-state index in [4.69, 9.17) is 9.57 Å². The van der Waals surface area contributed by atoms with Gasteiger partial charge in [-0.15, -0.1) is 0 Å². The van der Waals surface area contributed by atoms with Crippen molar-refractivity contribution >= 4 is 23.4 Å². The van der Waals surface area contributed by atoms with Crippen molar-refractivity contribution < 1.29 is 19.5 Å². The topological polar surface area (TPSA) is 68.1 Å². The second-order valence-electron chi connectivity index (χ2n) is 4.68. The normalized spacial score (nSPS) is 27.9. The van der Waals surface area contributed by atoms with Crippen LogP contribution in [0.2, 0.25) is 0 Å². The highest BCUT2D eigenvalue weighted by molar-refractivity contribution is 7.99. The molecule has 19 heavy (non-hydrogen) atoms. The highest BCUT2D eigenvalue weighted by Crippen LogP contribution is 2.40. The Balaban J connectivity index is 2.26. The summed E-state index contributed by atoms with van der Waals surface area (Å²) in [6, 6.07) is 0. The van der Waals surface area contributed by atoms with Crippen LogP contribution in [0, 0.1) is 0 Å². The summed E-state index contributed by atoms with van der Waals surface area (Å²) in [6.07, 6.45) is 1.69. The van der Waals surface area contributed by atoms with Gasteiger partial charge in [0.15, 0.2) is 0 Å². The molecule has 1 N–H and O–H groups in total. The van der Waals surface area contributed by atoms with Crippen molar-refractivity contribution in [1.29, 1.82) is 0 Å². The minimum atomic E-state index is -0.514. The predicted molar refractivity (Wildman–Crippen MR) is 74.4 cm³/mol. The number of aliphatic hydroxyl groups excluding tert-OH is 1. The second kappa shape index (κ2) is 5.86. The largest absolute Gasteiger partial charge is 0.511 e. The molecule has 2 rings (SSSR count). The summed E-state index contributed by atoms with van der Waals surface area (Å²) in [5.41, 5.74) is 0.114. The fourth-order valence-electron chi connectivity index (χ4n) is 2.32. The Morgan fingerprint density at radius 1 is 1.58 bits per heavy atom. The molecule has 0 aromatic carbocycles. The third kappa shape index (κ3) is 2.88. The molecule has 0 radical (unpaired) electrons. The maximum absolute atomic E-state index is 12.1. The number of rotatable bonds is 4. The molecular weight excluding hydrogens is 266 g/mol. The standard InChI is InChI=1S/C13H19NO4S/c1-3-9(14-17-4-2)11-10(15)7-13(18-12(11)16)5-6-19-8-13/h15H,3-8H2,1-2H3. The third-order valence-corrected chi connectivity index (χ3v) is 4.51. The molecule has 2 aliphatic rings. The molecule has 1 unspecified atom stereocenters. The molecule has 0 amide bonds. The molecule has 0 aromatic rings. The summed E-state index contributed by atoms with van der Waals surface area (Å²) in [5, 5.41) is 14.1. The monoisotopic (exact) mass is 285 g/mol. The van der Waals surface area contributed by atoms with Gasteiger partial charge in [0.1, 0.15) is 23.5 Å². The van der Waals surface area contributed by atoms with E-state index in [-0.39, 0.29) is 11.3 Å². The van der Waals surface area contributed by atoms with Gasteiger partial charge in [0.25, 0.3) is 0 Å². The molecule has 106 valence electrons. The Bertz CT molecular complexity index is 424. The molecule has 0 aromatic heterocycles. The zero-order valence-electron chi connectivity index (χ0n) is 11.3. The first-order valence-electron chi connectivity index (χ1n) is 6.54. The van der Waals surface area contributed by atoms with E-state index in [0.29, 0.717) is 25.2 Å². The number of carbonyl (C=O) groups excluding carboxylic acids is 1. The van der Waals surface area contributed by atoms with E-state index in [1.165, 1.54) is 0 Å². The predicted octanol–water partition coefficient (Wildman–Crippen LogP) is 2.42. The molecule has 2 heterocycles. The number of ether oxygens (including phenoxy) is 1. The van der Waals surface area contributed by atoms with Gasteiger partial charge in [-0.2, -0.15) is 11.8 Å². The van der Waals surface area contributed by atoms with Gasteiger partial charge in [-0.05, 0) is 25.5 Å². The van der Waals surface area contributed by atoms with Crippen LogP contribution in [0.15, 0.2) is 16.5 Å². The highest BCUT2D eigenvalue weighted by atomic mass is 32.2. The molecule has 1 fully saturated rings. The molecule has 2 aliphatic heterocycles. The van der Waals surface area contributed by atoms with Crippen LogP contribution < -0.4 is 0 Å². The SMILES string of the molecule is CCON=C(CC)C1=C(O)CC2(CCSC2)OC1=O. The maximum atomic E-state index is 12.1. The average molecular weight is 285 g/mol. The fourth-order valence-corrected chi connectivity index (χ4v) is 3.66. The summed E-state index contributed by atoms with van der Waals surface area (Å²) < 4.78 is 5.57. The van der Waals surface area contributed by atoms with Crippen LogP contribution in [0.5, 0.6) is 0 Å². The number of hydrogen-bond acceptors (Lipinski definition) is 6. The Morgan fingerprint density at radius 2 is 2.37 bits per heavy atom. The molecule has 0 saturated carbocycles. The van der Waals surface area contributed by atoms with Gasteiger partial charge in [-0.1, -0.05) is 12.1 Å². The summed E-state index contributed by atoms with van der Waals surface area (Å²) in [5.74, 6) is 1.31. The van der Waals surface area contributed by atoms with Crippen LogP contribution >= 0.6 is 11.8 Å². The Labute approximate surface area is 117 Å². The van der Waals surface area contributed by atoms with Crippen LogP contribution in [0.4, 0.5) is 0 Å². The van der Waals surface area contributed by atoms with Gasteiger partial charge in [-0.25, -0.2) is 4.79 Å². The molecule has 1 spiro atoms. The van der Waals surface area contributed by atoms with Crippen LogP contribution in [0.3, 0.4) is 0 Å². The lowest BCUT2D eigenvalue weighted by atomic mass is 9.91. The van der Waals surface area contributed by atoms with E-state index in [1.807, 2.05) is 13.8 Å². The number of nitrogens with zero attached hydrogens (tertiary/aromatic N) is 1. The lowest BCUT2D eigenvalue weighted by Crippen LogP contribution is -2.41. The summed E-state index contributed by atoms with van der Waals surface area (Å²) in [4.78, 5) is 17.1. The second-order valence-corrected chi connectivity index (χ2v) is 5.79. The van der Waals surface area contributed by atoms with Gasteiger partial charge < -0.3 is 14.7 Å². The van der Waals surface area contributed by atoms with Crippen LogP contribution in [-0.2, 0) is 14.4 Å². The number of esters is 1. The quantitative estimate of drug-likeness (QED) is 0.488. The van der Waals surface area contributed by atoms with Crippen molar-refractivity contribution in [2.45, 2.75) is 38.7 Å². The van der Waals surface area contributed by atoms with Crippen LogP contribution in [0.25, 0.3) is 0 Å². The van der Waals surface area contributed by atoms with Crippen molar-refractivity contribution in [3.05, 3.63) is 11.3 Å². The Kier molecular flexibility index (Phi) is 4.39. The van der Waals surface area contributed by atoms with Crippen molar-refractivity contribution in [3.8, 4) is 0 Å². The molecule has 1 atom stereocenters. The summed E-state index contributed by atoms with van der Waals surface area (Å²) >= 11 is 1.75. The Morgan fingerprint density at radius 3 is 2.89 bits per heavy atom. The molecule has 6 heteroatoms. The van der Waals surface area contributed by atoms with Crippen molar-refractivity contribution in [2.75, 3.05) is 18.1 Å². The van der Waals surface area contributed by atoms with Crippen LogP contribution in [0.1, 0.15) is 33.1 Å². The molecule has 0 bridgehead atoms. The molecule has 0 aliphatic carbocycles. The number of carbonyl (C=O) groups is 1. The van der Waals surface area contributed by atoms with E-state index in [2.05, 4.69) is 5.16 Å². The number of hydrogen-bond donors (Lipinski definition) is 1. The lowest BCUT2D eigenvalue weighted by molar-refractivity contribution is -0.155. The van der Waals surface area contributed by atoms with Gasteiger partial charge >= 0.3 is 5.97 Å². The van der Waals surface area contributed by atoms with Gasteiger partial charge in [-0.3, -0.25) is 0 Å². The molecule has 5 nitrogen and oxygen atoms in total. The fraction of sp³-hybridized carbons (Fsp3) is 0.692. The first-order valence-corrected chi connectivity index (χ1v) is 7.69. The third-order valence-electron chi connectivity index (χ3n) is 3.29. The van der Waals surface area contributed by atoms with Crippen molar-refractivity contribution in [2.24, 2.45) is 5.16 Å². The first-order chi connectivity index (χ1) is 9.12.